The maximum Gasteiger partial charge on any atom is 0.208 e. The first kappa shape index (κ1) is 16.2. The van der Waals surface area contributed by atoms with Crippen molar-refractivity contribution in [2.75, 3.05) is 26.2 Å². The molecule has 5 heteroatoms. The molecule has 1 aromatic heterocycles. The Balaban J connectivity index is 1.47. The Morgan fingerprint density at radius 1 is 0.957 bits per heavy atom. The Kier molecular flexibility index (Phi) is 5.10. The normalized spacial score (nSPS) is 16.8. The van der Waals surface area contributed by atoms with Gasteiger partial charge in [-0.2, -0.15) is 0 Å². The lowest BCUT2D eigenvalue weighted by Gasteiger charge is -2.34. The van der Waals surface area contributed by atoms with E-state index in [1.807, 2.05) is 26.0 Å². The molecule has 124 valence electrons. The quantitative estimate of drug-likeness (QED) is 0.916. The summed E-state index contributed by atoms with van der Waals surface area (Å²) in [5.74, 6) is 1.75. The van der Waals surface area contributed by atoms with Crippen LogP contribution in [-0.4, -0.2) is 46.1 Å². The van der Waals surface area contributed by atoms with E-state index in [1.165, 1.54) is 5.56 Å². The van der Waals surface area contributed by atoms with E-state index in [2.05, 4.69) is 26.9 Å². The molecule has 0 bridgehead atoms. The highest BCUT2D eigenvalue weighted by Gasteiger charge is 2.19. The first-order valence-electron chi connectivity index (χ1n) is 8.20. The number of piperazine rings is 1. The molecule has 2 heterocycles. The van der Waals surface area contributed by atoms with Crippen LogP contribution in [0.1, 0.15) is 28.5 Å². The van der Waals surface area contributed by atoms with Crippen molar-refractivity contribution < 1.29 is 9.52 Å². The molecule has 0 atom stereocenters. The van der Waals surface area contributed by atoms with E-state index >= 15 is 0 Å². The summed E-state index contributed by atoms with van der Waals surface area (Å²) in [5.41, 5.74) is 3.26. The van der Waals surface area contributed by atoms with Crippen molar-refractivity contribution in [3.63, 3.8) is 0 Å². The van der Waals surface area contributed by atoms with Crippen molar-refractivity contribution in [1.82, 2.24) is 14.8 Å². The first-order chi connectivity index (χ1) is 11.1. The molecular weight excluding hydrogens is 290 g/mol. The number of rotatable bonds is 5. The van der Waals surface area contributed by atoms with Gasteiger partial charge in [0.1, 0.15) is 5.76 Å². The second-order valence-electron chi connectivity index (χ2n) is 6.28. The first-order valence-corrected chi connectivity index (χ1v) is 8.20. The molecule has 1 fully saturated rings. The third-order valence-electron chi connectivity index (χ3n) is 4.51. The second kappa shape index (κ2) is 7.25. The topological polar surface area (TPSA) is 52.7 Å². The summed E-state index contributed by atoms with van der Waals surface area (Å²) in [6.07, 6.45) is 0. The Bertz CT molecular complexity index is 609. The summed E-state index contributed by atoms with van der Waals surface area (Å²) in [6.45, 7) is 10.0. The van der Waals surface area contributed by atoms with Crippen LogP contribution >= 0.6 is 0 Å². The Morgan fingerprint density at radius 3 is 2.04 bits per heavy atom. The van der Waals surface area contributed by atoms with Crippen molar-refractivity contribution in [3.05, 3.63) is 52.7 Å². The Labute approximate surface area is 137 Å². The van der Waals surface area contributed by atoms with Gasteiger partial charge < -0.3 is 9.52 Å². The van der Waals surface area contributed by atoms with E-state index in [4.69, 9.17) is 9.52 Å². The molecule has 0 aliphatic carbocycles. The van der Waals surface area contributed by atoms with Gasteiger partial charge in [-0.25, -0.2) is 4.98 Å². The van der Waals surface area contributed by atoms with Gasteiger partial charge in [0.05, 0.1) is 18.8 Å². The fourth-order valence-electron chi connectivity index (χ4n) is 2.91. The van der Waals surface area contributed by atoms with Gasteiger partial charge in [0, 0.05) is 32.7 Å². The van der Waals surface area contributed by atoms with Crippen LogP contribution in [0.25, 0.3) is 0 Å². The highest BCUT2D eigenvalue weighted by molar-refractivity contribution is 5.21. The van der Waals surface area contributed by atoms with Crippen LogP contribution in [0.15, 0.2) is 28.7 Å². The number of oxazole rings is 1. The predicted octanol–water partition coefficient (Wildman–Crippen LogP) is 2.10. The largest absolute Gasteiger partial charge is 0.444 e. The third kappa shape index (κ3) is 4.19. The van der Waals surface area contributed by atoms with Crippen LogP contribution < -0.4 is 0 Å². The molecule has 3 rings (SSSR count). The number of aryl methyl sites for hydroxylation is 2. The lowest BCUT2D eigenvalue weighted by molar-refractivity contribution is 0.114. The highest BCUT2D eigenvalue weighted by Crippen LogP contribution is 2.14. The van der Waals surface area contributed by atoms with Gasteiger partial charge in [0.2, 0.25) is 5.89 Å². The number of hydrogen-bond acceptors (Lipinski definition) is 5. The molecule has 0 spiro atoms. The van der Waals surface area contributed by atoms with Crippen molar-refractivity contribution in [1.29, 1.82) is 0 Å². The summed E-state index contributed by atoms with van der Waals surface area (Å²) in [4.78, 5) is 9.33. The van der Waals surface area contributed by atoms with E-state index in [0.717, 1.165) is 62.2 Å². The molecule has 1 N–H and O–H groups in total. The standard InChI is InChI=1S/C18H25N3O2/c1-14-15(2)23-18(19-14)12-21-9-7-20(8-10-21)11-16-3-5-17(13-22)6-4-16/h3-6,22H,7-13H2,1-2H3. The van der Waals surface area contributed by atoms with E-state index in [0.29, 0.717) is 0 Å². The van der Waals surface area contributed by atoms with Crippen LogP contribution in [0.3, 0.4) is 0 Å². The molecule has 1 aliphatic heterocycles. The monoisotopic (exact) mass is 315 g/mol. The zero-order valence-corrected chi connectivity index (χ0v) is 14.0. The van der Waals surface area contributed by atoms with E-state index in [9.17, 15) is 0 Å². The molecule has 2 aromatic rings. The maximum absolute atomic E-state index is 9.09. The Hall–Kier alpha value is -1.69. The van der Waals surface area contributed by atoms with Crippen LogP contribution in [0.2, 0.25) is 0 Å². The van der Waals surface area contributed by atoms with Crippen molar-refractivity contribution >= 4 is 0 Å². The molecule has 5 nitrogen and oxygen atoms in total. The summed E-state index contributed by atoms with van der Waals surface area (Å²) in [6, 6.07) is 8.21. The van der Waals surface area contributed by atoms with Gasteiger partial charge >= 0.3 is 0 Å². The van der Waals surface area contributed by atoms with E-state index in [1.54, 1.807) is 0 Å². The molecule has 0 radical (unpaired) electrons. The number of nitrogens with zero attached hydrogens (tertiary/aromatic N) is 3. The number of aliphatic hydroxyl groups is 1. The number of aliphatic hydroxyl groups excluding tert-OH is 1. The summed E-state index contributed by atoms with van der Waals surface area (Å²) < 4.78 is 5.67. The molecular formula is C18H25N3O2. The fraction of sp³-hybridized carbons (Fsp3) is 0.500. The lowest BCUT2D eigenvalue weighted by Crippen LogP contribution is -2.45. The molecule has 23 heavy (non-hydrogen) atoms. The molecule has 0 unspecified atom stereocenters. The molecule has 1 aliphatic rings. The maximum atomic E-state index is 9.09. The molecule has 1 aromatic carbocycles. The molecule has 1 saturated heterocycles. The van der Waals surface area contributed by atoms with Gasteiger partial charge in [-0.1, -0.05) is 24.3 Å². The van der Waals surface area contributed by atoms with E-state index in [-0.39, 0.29) is 6.61 Å². The second-order valence-corrected chi connectivity index (χ2v) is 6.28. The van der Waals surface area contributed by atoms with Crippen molar-refractivity contribution in [3.8, 4) is 0 Å². The van der Waals surface area contributed by atoms with Gasteiger partial charge in [0.15, 0.2) is 0 Å². The van der Waals surface area contributed by atoms with Gasteiger partial charge in [-0.15, -0.1) is 0 Å². The van der Waals surface area contributed by atoms with Crippen LogP contribution in [0.4, 0.5) is 0 Å². The molecule has 0 amide bonds. The predicted molar refractivity (Wildman–Crippen MR) is 88.9 cm³/mol. The number of aromatic nitrogens is 1. The number of hydrogen-bond donors (Lipinski definition) is 1. The molecule has 0 saturated carbocycles. The number of benzene rings is 1. The van der Waals surface area contributed by atoms with Crippen LogP contribution in [0, 0.1) is 13.8 Å². The lowest BCUT2D eigenvalue weighted by atomic mass is 10.1. The van der Waals surface area contributed by atoms with Crippen LogP contribution in [0.5, 0.6) is 0 Å². The summed E-state index contributed by atoms with van der Waals surface area (Å²) >= 11 is 0. The van der Waals surface area contributed by atoms with Gasteiger partial charge in [0.25, 0.3) is 0 Å². The average molecular weight is 315 g/mol. The highest BCUT2D eigenvalue weighted by atomic mass is 16.4. The summed E-state index contributed by atoms with van der Waals surface area (Å²) in [5, 5.41) is 9.09. The van der Waals surface area contributed by atoms with Gasteiger partial charge in [-0.05, 0) is 25.0 Å². The minimum Gasteiger partial charge on any atom is -0.444 e. The zero-order chi connectivity index (χ0) is 16.2. The zero-order valence-electron chi connectivity index (χ0n) is 14.0. The smallest absolute Gasteiger partial charge is 0.208 e. The summed E-state index contributed by atoms with van der Waals surface area (Å²) in [7, 11) is 0. The minimum absolute atomic E-state index is 0.110. The van der Waals surface area contributed by atoms with Gasteiger partial charge in [-0.3, -0.25) is 9.80 Å². The SMILES string of the molecule is Cc1nc(CN2CCN(Cc3ccc(CO)cc3)CC2)oc1C. The average Bonchev–Trinajstić information content (AvgIpc) is 2.88. The Morgan fingerprint density at radius 2 is 1.52 bits per heavy atom. The van der Waals surface area contributed by atoms with Crippen LogP contribution in [-0.2, 0) is 19.7 Å². The fourth-order valence-corrected chi connectivity index (χ4v) is 2.91. The van der Waals surface area contributed by atoms with Crippen molar-refractivity contribution in [2.45, 2.75) is 33.5 Å². The third-order valence-corrected chi connectivity index (χ3v) is 4.51. The minimum atomic E-state index is 0.110. The van der Waals surface area contributed by atoms with Crippen molar-refractivity contribution in [2.24, 2.45) is 0 Å². The van der Waals surface area contributed by atoms with E-state index < -0.39 is 0 Å².